The molecule has 34 heavy (non-hydrogen) atoms. The van der Waals surface area contributed by atoms with E-state index in [0.717, 1.165) is 28.3 Å². The quantitative estimate of drug-likeness (QED) is 0.296. The summed E-state index contributed by atoms with van der Waals surface area (Å²) < 4.78 is 28.6. The van der Waals surface area contributed by atoms with E-state index >= 15 is 0 Å². The predicted molar refractivity (Wildman–Crippen MR) is 135 cm³/mol. The average Bonchev–Trinajstić information content (AvgIpc) is 2.84. The number of ether oxygens (including phenoxy) is 1. The van der Waals surface area contributed by atoms with Crippen molar-refractivity contribution in [2.75, 3.05) is 30.1 Å². The van der Waals surface area contributed by atoms with Crippen molar-refractivity contribution in [3.63, 3.8) is 0 Å². The van der Waals surface area contributed by atoms with Crippen LogP contribution in [-0.4, -0.2) is 55.6 Å². The summed E-state index contributed by atoms with van der Waals surface area (Å²) in [6.45, 7) is 4.77. The van der Waals surface area contributed by atoms with Gasteiger partial charge in [-0.3, -0.25) is 9.78 Å². The number of nitrogens with zero attached hydrogens (tertiary/aromatic N) is 3. The van der Waals surface area contributed by atoms with E-state index in [1.165, 1.54) is 7.11 Å². The molecule has 2 aromatic carbocycles. The highest BCUT2D eigenvalue weighted by atomic mass is 32.2. The third-order valence-electron chi connectivity index (χ3n) is 5.44. The molecule has 0 aliphatic heterocycles. The first-order valence-electron chi connectivity index (χ1n) is 11.3. The molecule has 0 fully saturated rings. The summed E-state index contributed by atoms with van der Waals surface area (Å²) in [5, 5.41) is 0. The van der Waals surface area contributed by atoms with Crippen molar-refractivity contribution in [1.82, 2.24) is 9.97 Å². The van der Waals surface area contributed by atoms with Gasteiger partial charge in [-0.2, -0.15) is 0 Å². The van der Waals surface area contributed by atoms with Crippen LogP contribution < -0.4 is 4.90 Å². The Balaban J connectivity index is 1.81. The van der Waals surface area contributed by atoms with Gasteiger partial charge < -0.3 is 9.64 Å². The van der Waals surface area contributed by atoms with Crippen molar-refractivity contribution in [1.29, 1.82) is 0 Å². The highest BCUT2D eigenvalue weighted by Gasteiger charge is 2.19. The number of hydrogen-bond donors (Lipinski definition) is 0. The first-order valence-corrected chi connectivity index (χ1v) is 13.1. The van der Waals surface area contributed by atoms with Crippen LogP contribution in [0.3, 0.4) is 0 Å². The molecule has 7 nitrogen and oxygen atoms in total. The number of sulfone groups is 1. The van der Waals surface area contributed by atoms with Gasteiger partial charge in [-0.1, -0.05) is 60.7 Å². The van der Waals surface area contributed by atoms with Crippen molar-refractivity contribution < 1.29 is 17.9 Å². The summed E-state index contributed by atoms with van der Waals surface area (Å²) in [7, 11) is -2.29. The molecule has 3 aromatic rings. The molecule has 0 bridgehead atoms. The zero-order chi connectivity index (χ0) is 24.6. The fraction of sp³-hybridized carbons (Fsp3) is 0.346. The number of carbonyl (C=O) groups is 1. The molecule has 0 atom stereocenters. The lowest BCUT2D eigenvalue weighted by Crippen LogP contribution is -2.33. The number of rotatable bonds is 11. The zero-order valence-corrected chi connectivity index (χ0v) is 20.7. The molecule has 0 saturated heterocycles. The second-order valence-electron chi connectivity index (χ2n) is 8.32. The minimum atomic E-state index is -3.48. The molecule has 0 spiro atoms. The Morgan fingerprint density at radius 2 is 1.53 bits per heavy atom. The second kappa shape index (κ2) is 11.7. The van der Waals surface area contributed by atoms with Crippen molar-refractivity contribution in [3.8, 4) is 22.5 Å². The fourth-order valence-corrected chi connectivity index (χ4v) is 4.94. The van der Waals surface area contributed by atoms with Gasteiger partial charge in [0.1, 0.15) is 11.6 Å². The molecule has 0 saturated carbocycles. The van der Waals surface area contributed by atoms with Crippen LogP contribution in [0.2, 0.25) is 0 Å². The summed E-state index contributed by atoms with van der Waals surface area (Å²) in [6.07, 6.45) is 2.87. The van der Waals surface area contributed by atoms with Crippen molar-refractivity contribution in [2.24, 2.45) is 0 Å². The molecule has 1 heterocycles. The van der Waals surface area contributed by atoms with E-state index in [1.807, 2.05) is 60.7 Å². The van der Waals surface area contributed by atoms with Crippen molar-refractivity contribution in [3.05, 3.63) is 66.9 Å². The van der Waals surface area contributed by atoms with Crippen LogP contribution >= 0.6 is 0 Å². The lowest BCUT2D eigenvalue weighted by Gasteiger charge is -2.28. The number of methoxy groups -OCH3 is 1. The van der Waals surface area contributed by atoms with Crippen molar-refractivity contribution >= 4 is 21.6 Å². The third-order valence-corrected chi connectivity index (χ3v) is 7.03. The standard InChI is InChI=1S/C26H31N3O4S/c1-20(2)29(16-10-11-17-34(31,32)19-24(30)33-3)23-18-27-25(21-12-6-4-7-13-21)26(28-23)22-14-8-5-9-15-22/h4-9,12-15,18,20H,10-11,16-17,19H2,1-3H3. The Morgan fingerprint density at radius 3 is 2.09 bits per heavy atom. The molecule has 0 aliphatic rings. The van der Waals surface area contributed by atoms with E-state index in [2.05, 4.69) is 23.5 Å². The Bertz CT molecular complexity index is 1180. The van der Waals surface area contributed by atoms with Crippen LogP contribution in [0.25, 0.3) is 22.5 Å². The lowest BCUT2D eigenvalue weighted by atomic mass is 10.0. The third kappa shape index (κ3) is 6.87. The van der Waals surface area contributed by atoms with Crippen LogP contribution in [0.1, 0.15) is 26.7 Å². The maximum Gasteiger partial charge on any atom is 0.320 e. The largest absolute Gasteiger partial charge is 0.468 e. The van der Waals surface area contributed by atoms with Gasteiger partial charge in [-0.05, 0) is 26.7 Å². The topological polar surface area (TPSA) is 89.5 Å². The molecule has 0 N–H and O–H groups in total. The number of benzene rings is 2. The predicted octanol–water partition coefficient (Wildman–Crippen LogP) is 4.39. The van der Waals surface area contributed by atoms with Crippen molar-refractivity contribution in [2.45, 2.75) is 32.7 Å². The van der Waals surface area contributed by atoms with Gasteiger partial charge in [-0.25, -0.2) is 13.4 Å². The number of anilines is 1. The van der Waals surface area contributed by atoms with Gasteiger partial charge in [0.15, 0.2) is 9.84 Å². The summed E-state index contributed by atoms with van der Waals surface area (Å²) >= 11 is 0. The molecule has 0 aliphatic carbocycles. The highest BCUT2D eigenvalue weighted by Crippen LogP contribution is 2.31. The Labute approximate surface area is 201 Å². The Kier molecular flexibility index (Phi) is 8.76. The number of aromatic nitrogens is 2. The number of hydrogen-bond acceptors (Lipinski definition) is 7. The maximum atomic E-state index is 12.1. The van der Waals surface area contributed by atoms with Gasteiger partial charge in [0.2, 0.25) is 0 Å². The van der Waals surface area contributed by atoms with E-state index in [4.69, 9.17) is 9.97 Å². The summed E-state index contributed by atoms with van der Waals surface area (Å²) in [4.78, 5) is 23.2. The molecule has 3 rings (SSSR count). The lowest BCUT2D eigenvalue weighted by molar-refractivity contribution is -0.137. The fourth-order valence-electron chi connectivity index (χ4n) is 3.67. The number of unbranched alkanes of at least 4 members (excludes halogenated alkanes) is 1. The molecule has 1 aromatic heterocycles. The maximum absolute atomic E-state index is 12.1. The number of carbonyl (C=O) groups excluding carboxylic acids is 1. The smallest absolute Gasteiger partial charge is 0.320 e. The minimum Gasteiger partial charge on any atom is -0.468 e. The van der Waals surface area contributed by atoms with E-state index in [1.54, 1.807) is 6.20 Å². The molecular weight excluding hydrogens is 450 g/mol. The molecule has 0 amide bonds. The molecular formula is C26H31N3O4S. The van der Waals surface area contributed by atoms with E-state index in [-0.39, 0.29) is 11.8 Å². The monoisotopic (exact) mass is 481 g/mol. The minimum absolute atomic E-state index is 0.0536. The van der Waals surface area contributed by atoms with Gasteiger partial charge in [0, 0.05) is 23.7 Å². The first kappa shape index (κ1) is 25.4. The van der Waals surface area contributed by atoms with E-state index in [9.17, 15) is 13.2 Å². The molecule has 180 valence electrons. The number of esters is 1. The van der Waals surface area contributed by atoms with E-state index < -0.39 is 21.6 Å². The van der Waals surface area contributed by atoms with Crippen LogP contribution in [0.15, 0.2) is 66.9 Å². The molecule has 8 heteroatoms. The molecule has 0 unspecified atom stereocenters. The van der Waals surface area contributed by atoms with Crippen LogP contribution in [0.4, 0.5) is 5.82 Å². The summed E-state index contributed by atoms with van der Waals surface area (Å²) in [5.74, 6) is -0.622. The van der Waals surface area contributed by atoms with Crippen LogP contribution in [0.5, 0.6) is 0 Å². The van der Waals surface area contributed by atoms with Gasteiger partial charge in [0.05, 0.1) is 30.4 Å². The SMILES string of the molecule is COC(=O)CS(=O)(=O)CCCCN(c1cnc(-c2ccccc2)c(-c2ccccc2)n1)C(C)C. The highest BCUT2D eigenvalue weighted by molar-refractivity contribution is 7.92. The average molecular weight is 482 g/mol. The first-order chi connectivity index (χ1) is 16.3. The normalized spacial score (nSPS) is 11.4. The van der Waals surface area contributed by atoms with Gasteiger partial charge in [-0.15, -0.1) is 0 Å². The van der Waals surface area contributed by atoms with Gasteiger partial charge >= 0.3 is 5.97 Å². The summed E-state index contributed by atoms with van der Waals surface area (Å²) in [5.41, 5.74) is 3.59. The zero-order valence-electron chi connectivity index (χ0n) is 19.8. The second-order valence-corrected chi connectivity index (χ2v) is 10.5. The Hall–Kier alpha value is -3.26. The Morgan fingerprint density at radius 1 is 0.941 bits per heavy atom. The van der Waals surface area contributed by atoms with E-state index in [0.29, 0.717) is 19.4 Å². The van der Waals surface area contributed by atoms with Crippen LogP contribution in [-0.2, 0) is 19.4 Å². The summed E-state index contributed by atoms with van der Waals surface area (Å²) in [6, 6.07) is 20.1. The van der Waals surface area contributed by atoms with Gasteiger partial charge in [0.25, 0.3) is 0 Å². The van der Waals surface area contributed by atoms with Crippen LogP contribution in [0, 0.1) is 0 Å². The molecule has 0 radical (unpaired) electrons.